The Balaban J connectivity index is 1.72. The van der Waals surface area contributed by atoms with Gasteiger partial charge in [0, 0.05) is 48.7 Å². The predicted molar refractivity (Wildman–Crippen MR) is 112 cm³/mol. The zero-order chi connectivity index (χ0) is 22.2. The van der Waals surface area contributed by atoms with Crippen LogP contribution in [0, 0.1) is 6.92 Å². The lowest BCUT2D eigenvalue weighted by Crippen LogP contribution is -2.27. The van der Waals surface area contributed by atoms with Gasteiger partial charge in [-0.2, -0.15) is 5.10 Å². The Kier molecular flexibility index (Phi) is 5.38. The molecule has 1 fully saturated rings. The zero-order valence-electron chi connectivity index (χ0n) is 17.5. The summed E-state index contributed by atoms with van der Waals surface area (Å²) in [5, 5.41) is 9.95. The van der Waals surface area contributed by atoms with Crippen LogP contribution in [0.25, 0.3) is 11.3 Å². The molecule has 10 heteroatoms. The molecule has 3 aromatic rings. The second-order valence-corrected chi connectivity index (χ2v) is 7.96. The summed E-state index contributed by atoms with van der Waals surface area (Å²) < 4.78 is 27.8. The maximum absolute atomic E-state index is 13.9. The molecule has 4 heterocycles. The maximum Gasteiger partial charge on any atom is 0.266 e. The first-order valence-corrected chi connectivity index (χ1v) is 10.0. The minimum absolute atomic E-state index is 0.133. The van der Waals surface area contributed by atoms with Gasteiger partial charge in [-0.3, -0.25) is 9.89 Å². The van der Waals surface area contributed by atoms with Gasteiger partial charge in [-0.1, -0.05) is 13.8 Å². The maximum atomic E-state index is 13.9. The van der Waals surface area contributed by atoms with Crippen molar-refractivity contribution < 1.29 is 13.6 Å². The zero-order valence-corrected chi connectivity index (χ0v) is 17.5. The first-order valence-electron chi connectivity index (χ1n) is 10.0. The summed E-state index contributed by atoms with van der Waals surface area (Å²) in [5.74, 6) is -2.21. The van der Waals surface area contributed by atoms with Crippen LogP contribution in [0.1, 0.15) is 48.1 Å². The van der Waals surface area contributed by atoms with Crippen molar-refractivity contribution >= 4 is 17.4 Å². The van der Waals surface area contributed by atoms with Crippen LogP contribution in [0.2, 0.25) is 0 Å². The minimum Gasteiger partial charge on any atom is -0.349 e. The van der Waals surface area contributed by atoms with Gasteiger partial charge >= 0.3 is 0 Å². The van der Waals surface area contributed by atoms with Gasteiger partial charge in [0.2, 0.25) is 0 Å². The third kappa shape index (κ3) is 4.37. The smallest absolute Gasteiger partial charge is 0.266 e. The Morgan fingerprint density at radius 1 is 1.26 bits per heavy atom. The van der Waals surface area contributed by atoms with Gasteiger partial charge in [-0.15, -0.1) is 0 Å². The van der Waals surface area contributed by atoms with Gasteiger partial charge in [0.05, 0.1) is 23.5 Å². The number of H-pyrrole nitrogens is 1. The number of aromatic nitrogens is 5. The van der Waals surface area contributed by atoms with Crippen LogP contribution in [-0.2, 0) is 0 Å². The molecule has 31 heavy (non-hydrogen) atoms. The Bertz CT molecular complexity index is 1100. The van der Waals surface area contributed by atoms with E-state index in [1.54, 1.807) is 6.07 Å². The van der Waals surface area contributed by atoms with Crippen molar-refractivity contribution in [2.24, 2.45) is 0 Å². The summed E-state index contributed by atoms with van der Waals surface area (Å²) in [6.45, 7) is 5.45. The molecule has 0 radical (unpaired) electrons. The number of amides is 1. The summed E-state index contributed by atoms with van der Waals surface area (Å²) in [5.41, 5.74) is 2.57. The van der Waals surface area contributed by atoms with E-state index in [2.05, 4.69) is 30.5 Å². The van der Waals surface area contributed by atoms with E-state index in [9.17, 15) is 13.6 Å². The number of nitrogens with zero attached hydrogens (tertiary/aromatic N) is 5. The van der Waals surface area contributed by atoms with Crippen LogP contribution in [0.3, 0.4) is 0 Å². The van der Waals surface area contributed by atoms with Crippen molar-refractivity contribution in [1.82, 2.24) is 25.1 Å². The van der Waals surface area contributed by atoms with E-state index < -0.39 is 18.4 Å². The molecule has 0 saturated carbocycles. The summed E-state index contributed by atoms with van der Waals surface area (Å²) >= 11 is 0. The highest BCUT2D eigenvalue weighted by molar-refractivity contribution is 6.07. The molecule has 2 N–H and O–H groups in total. The number of nitrogens with one attached hydrogen (secondary N) is 2. The molecule has 3 aromatic heterocycles. The number of hydrogen-bond acceptors (Lipinski definition) is 6. The fourth-order valence-electron chi connectivity index (χ4n) is 3.44. The van der Waals surface area contributed by atoms with Crippen molar-refractivity contribution in [3.63, 3.8) is 0 Å². The largest absolute Gasteiger partial charge is 0.349 e. The summed E-state index contributed by atoms with van der Waals surface area (Å²) in [7, 11) is 0. The van der Waals surface area contributed by atoms with Gasteiger partial charge in [-0.25, -0.2) is 23.7 Å². The van der Waals surface area contributed by atoms with Crippen molar-refractivity contribution in [2.45, 2.75) is 39.0 Å². The topological polar surface area (TPSA) is 99.7 Å². The van der Waals surface area contributed by atoms with Gasteiger partial charge in [0.25, 0.3) is 11.8 Å². The molecule has 162 valence electrons. The number of alkyl halides is 2. The molecular formula is C21H23F2N7O. The Hall–Kier alpha value is -3.43. The number of aryl methyl sites for hydroxylation is 1. The van der Waals surface area contributed by atoms with E-state index in [1.165, 1.54) is 23.5 Å². The first kappa shape index (κ1) is 20.8. The molecule has 0 bridgehead atoms. The molecule has 0 aliphatic carbocycles. The fourth-order valence-corrected chi connectivity index (χ4v) is 3.44. The number of halogens is 2. The normalized spacial score (nSPS) is 15.5. The quantitative estimate of drug-likeness (QED) is 0.643. The second kappa shape index (κ2) is 8.01. The lowest BCUT2D eigenvalue weighted by Gasteiger charge is -2.22. The van der Waals surface area contributed by atoms with Crippen LogP contribution in [0.15, 0.2) is 30.7 Å². The van der Waals surface area contributed by atoms with Crippen molar-refractivity contribution in [3.05, 3.63) is 47.8 Å². The highest BCUT2D eigenvalue weighted by Gasteiger charge is 2.40. The van der Waals surface area contributed by atoms with Crippen LogP contribution >= 0.6 is 0 Å². The third-order valence-electron chi connectivity index (χ3n) is 5.07. The third-order valence-corrected chi connectivity index (χ3v) is 5.07. The van der Waals surface area contributed by atoms with E-state index in [1.807, 2.05) is 26.8 Å². The van der Waals surface area contributed by atoms with Crippen molar-refractivity contribution in [2.75, 3.05) is 23.3 Å². The Morgan fingerprint density at radius 3 is 2.58 bits per heavy atom. The predicted octanol–water partition coefficient (Wildman–Crippen LogP) is 3.79. The van der Waals surface area contributed by atoms with E-state index >= 15 is 0 Å². The first-order chi connectivity index (χ1) is 14.7. The molecule has 0 spiro atoms. The van der Waals surface area contributed by atoms with Gasteiger partial charge in [0.1, 0.15) is 5.82 Å². The van der Waals surface area contributed by atoms with Gasteiger partial charge in [0.15, 0.2) is 5.82 Å². The molecule has 4 rings (SSSR count). The molecule has 1 amide bonds. The van der Waals surface area contributed by atoms with E-state index in [-0.39, 0.29) is 30.3 Å². The average Bonchev–Trinajstić information content (AvgIpc) is 3.33. The fraction of sp³-hybridized carbons (Fsp3) is 0.381. The molecule has 1 aliphatic rings. The molecule has 0 atom stereocenters. The number of anilines is 2. The molecule has 0 aromatic carbocycles. The number of aromatic amines is 1. The molecule has 1 saturated heterocycles. The van der Waals surface area contributed by atoms with Crippen LogP contribution < -0.4 is 10.2 Å². The highest BCUT2D eigenvalue weighted by atomic mass is 19.3. The van der Waals surface area contributed by atoms with Crippen molar-refractivity contribution in [1.29, 1.82) is 0 Å². The van der Waals surface area contributed by atoms with E-state index in [0.717, 1.165) is 5.69 Å². The van der Waals surface area contributed by atoms with Gasteiger partial charge in [-0.05, 0) is 19.1 Å². The summed E-state index contributed by atoms with van der Waals surface area (Å²) in [6, 6.07) is 3.51. The summed E-state index contributed by atoms with van der Waals surface area (Å²) in [4.78, 5) is 27.2. The lowest BCUT2D eigenvalue weighted by molar-refractivity contribution is 0.0257. The van der Waals surface area contributed by atoms with Crippen LogP contribution in [0.5, 0.6) is 0 Å². The molecular weight excluding hydrogens is 404 g/mol. The minimum atomic E-state index is -2.80. The Labute approximate surface area is 178 Å². The second-order valence-electron chi connectivity index (χ2n) is 7.96. The van der Waals surface area contributed by atoms with Crippen molar-refractivity contribution in [3.8, 4) is 11.3 Å². The SMILES string of the molecule is Cc1cc(-c2ccnc(N3CCC(F)(F)C3)c2NC(=O)c2cnc(C(C)C)nc2)n[nH]1. The van der Waals surface area contributed by atoms with E-state index in [0.29, 0.717) is 22.8 Å². The number of carbonyl (C=O) groups excluding carboxylic acids is 1. The van der Waals surface area contributed by atoms with Crippen LogP contribution in [-0.4, -0.2) is 50.1 Å². The van der Waals surface area contributed by atoms with E-state index in [4.69, 9.17) is 0 Å². The number of carbonyl (C=O) groups is 1. The molecule has 8 nitrogen and oxygen atoms in total. The summed E-state index contributed by atoms with van der Waals surface area (Å²) in [6.07, 6.45) is 4.17. The Morgan fingerprint density at radius 2 is 2.00 bits per heavy atom. The highest BCUT2D eigenvalue weighted by Crippen LogP contribution is 2.38. The lowest BCUT2D eigenvalue weighted by atomic mass is 10.1. The average molecular weight is 427 g/mol. The molecule has 1 aliphatic heterocycles. The van der Waals surface area contributed by atoms with Gasteiger partial charge < -0.3 is 10.2 Å². The number of hydrogen-bond donors (Lipinski definition) is 2. The van der Waals surface area contributed by atoms with Crippen LogP contribution in [0.4, 0.5) is 20.3 Å². The number of rotatable bonds is 5. The number of pyridine rings is 1. The molecule has 0 unspecified atom stereocenters. The standard InChI is InChI=1S/C21H23F2N7O/c1-12(2)18-25-9-14(10-26-18)20(31)27-17-15(16-8-13(3)28-29-16)4-6-24-19(17)30-7-5-21(22,23)11-30/h4,6,8-10,12H,5,7,11H2,1-3H3,(H,27,31)(H,28,29). The monoisotopic (exact) mass is 427 g/mol.